The Morgan fingerprint density at radius 2 is 2.05 bits per heavy atom. The Morgan fingerprint density at radius 1 is 1.43 bits per heavy atom. The van der Waals surface area contributed by atoms with Crippen molar-refractivity contribution in [3.63, 3.8) is 0 Å². The van der Waals surface area contributed by atoms with Gasteiger partial charge >= 0.3 is 0 Å². The van der Waals surface area contributed by atoms with Crippen LogP contribution < -0.4 is 10.6 Å². The van der Waals surface area contributed by atoms with Gasteiger partial charge in [0, 0.05) is 7.11 Å². The van der Waals surface area contributed by atoms with Crippen molar-refractivity contribution in [3.8, 4) is 0 Å². The summed E-state index contributed by atoms with van der Waals surface area (Å²) in [5.74, 6) is -1.62. The lowest BCUT2D eigenvalue weighted by molar-refractivity contribution is -0.166. The first kappa shape index (κ1) is 15.4. The molecule has 8 nitrogen and oxygen atoms in total. The lowest BCUT2D eigenvalue weighted by Gasteiger charge is -2.39. The highest BCUT2D eigenvalue weighted by atomic mass is 32.2. The average molecular weight is 314 g/mol. The molecule has 0 bridgehead atoms. The van der Waals surface area contributed by atoms with Crippen LogP contribution in [0.5, 0.6) is 0 Å². The van der Waals surface area contributed by atoms with Crippen LogP contribution in [0.4, 0.5) is 0 Å². The number of carbonyl (C=O) groups is 2. The standard InChI is InChI=1S/C12H14N2O6S/c1-20-12(7-13-11(12)16)14-10(15)9(21(17,18)19)8-5-3-2-4-6-8/h2-6,9H,7H2,1H3,(H,13,16)(H,14,15)(H,17,18,19)/t9?,12-/m0/s1. The third kappa shape index (κ3) is 2.89. The Hall–Kier alpha value is -1.97. The van der Waals surface area contributed by atoms with Crippen molar-refractivity contribution in [1.29, 1.82) is 0 Å². The van der Waals surface area contributed by atoms with Crippen molar-refractivity contribution in [3.05, 3.63) is 35.9 Å². The Morgan fingerprint density at radius 3 is 2.43 bits per heavy atom. The summed E-state index contributed by atoms with van der Waals surface area (Å²) >= 11 is 0. The van der Waals surface area contributed by atoms with E-state index in [4.69, 9.17) is 4.74 Å². The molecule has 2 amide bonds. The number of carbonyl (C=O) groups excluding carboxylic acids is 2. The zero-order valence-corrected chi connectivity index (χ0v) is 11.9. The number of rotatable bonds is 5. The van der Waals surface area contributed by atoms with Gasteiger partial charge in [0.05, 0.1) is 6.54 Å². The minimum atomic E-state index is -4.70. The topological polar surface area (TPSA) is 122 Å². The minimum absolute atomic E-state index is 0.0149. The summed E-state index contributed by atoms with van der Waals surface area (Å²) in [5.41, 5.74) is -1.52. The Balaban J connectivity index is 2.31. The predicted octanol–water partition coefficient (Wildman–Crippen LogP) is -0.796. The first-order valence-corrected chi connectivity index (χ1v) is 7.47. The lowest BCUT2D eigenvalue weighted by Crippen LogP contribution is -2.74. The number of hydrogen-bond acceptors (Lipinski definition) is 5. The third-order valence-electron chi connectivity index (χ3n) is 3.18. The van der Waals surface area contributed by atoms with E-state index >= 15 is 0 Å². The second-order valence-corrected chi connectivity index (χ2v) is 6.01. The van der Waals surface area contributed by atoms with E-state index in [1.165, 1.54) is 31.4 Å². The molecule has 0 aliphatic carbocycles. The van der Waals surface area contributed by atoms with Crippen LogP contribution in [0.2, 0.25) is 0 Å². The summed E-state index contributed by atoms with van der Waals surface area (Å²) in [6.07, 6.45) is 0. The number of hydrogen-bond donors (Lipinski definition) is 3. The largest absolute Gasteiger partial charge is 0.349 e. The van der Waals surface area contributed by atoms with Crippen LogP contribution in [-0.4, -0.2) is 44.2 Å². The van der Waals surface area contributed by atoms with Crippen LogP contribution in [-0.2, 0) is 24.4 Å². The van der Waals surface area contributed by atoms with Gasteiger partial charge in [0.25, 0.3) is 16.0 Å². The third-order valence-corrected chi connectivity index (χ3v) is 4.26. The number of nitrogens with one attached hydrogen (secondary N) is 2. The van der Waals surface area contributed by atoms with E-state index in [1.54, 1.807) is 6.07 Å². The molecule has 0 spiro atoms. The molecule has 1 aromatic rings. The maximum Gasteiger partial charge on any atom is 0.281 e. The highest BCUT2D eigenvalue weighted by molar-refractivity contribution is 7.86. The SMILES string of the molecule is CO[C@@]1(NC(=O)C(c2ccccc2)S(=O)(=O)O)CNC1=O. The van der Waals surface area contributed by atoms with Gasteiger partial charge in [0.2, 0.25) is 11.6 Å². The molecule has 1 aromatic carbocycles. The smallest absolute Gasteiger partial charge is 0.281 e. The molecule has 1 aliphatic heterocycles. The molecule has 9 heteroatoms. The van der Waals surface area contributed by atoms with E-state index in [2.05, 4.69) is 10.6 Å². The van der Waals surface area contributed by atoms with Crippen molar-refractivity contribution >= 4 is 21.9 Å². The molecular formula is C12H14N2O6S. The molecule has 114 valence electrons. The monoisotopic (exact) mass is 314 g/mol. The average Bonchev–Trinajstić information content (AvgIpc) is 2.42. The number of amides is 2. The van der Waals surface area contributed by atoms with E-state index in [0.717, 1.165) is 0 Å². The van der Waals surface area contributed by atoms with Gasteiger partial charge in [-0.2, -0.15) is 8.42 Å². The summed E-state index contributed by atoms with van der Waals surface area (Å²) in [7, 11) is -3.49. The Kier molecular flexibility index (Phi) is 3.99. The van der Waals surface area contributed by atoms with Crippen LogP contribution in [0, 0.1) is 0 Å². The first-order valence-electron chi connectivity index (χ1n) is 5.97. The second-order valence-electron chi connectivity index (χ2n) is 4.51. The molecule has 3 N–H and O–H groups in total. The van der Waals surface area contributed by atoms with Gasteiger partial charge in [-0.3, -0.25) is 14.1 Å². The van der Waals surface area contributed by atoms with E-state index in [9.17, 15) is 22.6 Å². The minimum Gasteiger partial charge on any atom is -0.349 e. The second kappa shape index (κ2) is 5.43. The first-order chi connectivity index (χ1) is 9.80. The summed E-state index contributed by atoms with van der Waals surface area (Å²) < 4.78 is 37.2. The highest BCUT2D eigenvalue weighted by Gasteiger charge is 2.50. The van der Waals surface area contributed by atoms with Gasteiger partial charge in [-0.25, -0.2) is 0 Å². The maximum absolute atomic E-state index is 12.2. The summed E-state index contributed by atoms with van der Waals surface area (Å²) in [6.45, 7) is 0.0149. The van der Waals surface area contributed by atoms with Crippen LogP contribution in [0.1, 0.15) is 10.8 Å². The van der Waals surface area contributed by atoms with Gasteiger partial charge in [-0.1, -0.05) is 30.3 Å². The van der Waals surface area contributed by atoms with Crippen molar-refractivity contribution < 1.29 is 27.3 Å². The van der Waals surface area contributed by atoms with Crippen LogP contribution in [0.3, 0.4) is 0 Å². The van der Waals surface area contributed by atoms with E-state index in [0.29, 0.717) is 0 Å². The van der Waals surface area contributed by atoms with Crippen LogP contribution in [0.25, 0.3) is 0 Å². The summed E-state index contributed by atoms with van der Waals surface area (Å²) in [4.78, 5) is 23.7. The van der Waals surface area contributed by atoms with Gasteiger partial charge in [0.1, 0.15) is 0 Å². The highest BCUT2D eigenvalue weighted by Crippen LogP contribution is 2.24. The van der Waals surface area contributed by atoms with Gasteiger partial charge < -0.3 is 15.4 Å². The van der Waals surface area contributed by atoms with E-state index in [-0.39, 0.29) is 12.1 Å². The summed E-state index contributed by atoms with van der Waals surface area (Å²) in [6, 6.07) is 7.47. The predicted molar refractivity (Wildman–Crippen MR) is 71.6 cm³/mol. The Bertz CT molecular complexity index is 656. The molecule has 2 rings (SSSR count). The fourth-order valence-electron chi connectivity index (χ4n) is 1.99. The molecule has 21 heavy (non-hydrogen) atoms. The lowest BCUT2D eigenvalue weighted by atomic mass is 10.1. The van der Waals surface area contributed by atoms with Crippen molar-refractivity contribution in [2.75, 3.05) is 13.7 Å². The molecule has 0 saturated carbocycles. The van der Waals surface area contributed by atoms with Gasteiger partial charge in [0.15, 0.2) is 5.25 Å². The van der Waals surface area contributed by atoms with Gasteiger partial charge in [-0.15, -0.1) is 0 Å². The molecule has 1 aliphatic rings. The summed E-state index contributed by atoms with van der Waals surface area (Å²) in [5, 5.41) is 2.77. The molecule has 1 heterocycles. The van der Waals surface area contributed by atoms with Crippen LogP contribution in [0.15, 0.2) is 30.3 Å². The molecule has 0 aromatic heterocycles. The fourth-order valence-corrected chi connectivity index (χ4v) is 2.82. The zero-order valence-electron chi connectivity index (χ0n) is 11.1. The normalized spacial score (nSPS) is 22.9. The number of methoxy groups -OCH3 is 1. The van der Waals surface area contributed by atoms with Gasteiger partial charge in [-0.05, 0) is 5.56 Å². The molecule has 1 saturated heterocycles. The van der Waals surface area contributed by atoms with Crippen molar-refractivity contribution in [2.24, 2.45) is 0 Å². The molecule has 2 atom stereocenters. The molecule has 1 unspecified atom stereocenters. The number of β-lactam (4-membered cyclic amide) rings is 1. The number of benzene rings is 1. The molecule has 0 radical (unpaired) electrons. The fraction of sp³-hybridized carbons (Fsp3) is 0.333. The van der Waals surface area contributed by atoms with Crippen molar-refractivity contribution in [1.82, 2.24) is 10.6 Å². The molecule has 1 fully saturated rings. The van der Waals surface area contributed by atoms with E-state index < -0.39 is 32.9 Å². The van der Waals surface area contributed by atoms with E-state index in [1.807, 2.05) is 0 Å². The molecular weight excluding hydrogens is 300 g/mol. The maximum atomic E-state index is 12.2. The number of ether oxygens (including phenoxy) is 1. The van der Waals surface area contributed by atoms with Crippen LogP contribution >= 0.6 is 0 Å². The Labute approximate surface area is 121 Å². The van der Waals surface area contributed by atoms with Crippen molar-refractivity contribution in [2.45, 2.75) is 11.0 Å². The quantitative estimate of drug-likeness (QED) is 0.372. The zero-order chi connectivity index (χ0) is 15.7.